The molecule has 24 heavy (non-hydrogen) atoms. The summed E-state index contributed by atoms with van der Waals surface area (Å²) in [7, 11) is 1.72. The van der Waals surface area contributed by atoms with E-state index in [0.717, 1.165) is 23.1 Å². The van der Waals surface area contributed by atoms with Crippen molar-refractivity contribution >= 4 is 11.8 Å². The lowest BCUT2D eigenvalue weighted by molar-refractivity contribution is -0.136. The van der Waals surface area contributed by atoms with Crippen LogP contribution >= 0.6 is 0 Å². The van der Waals surface area contributed by atoms with E-state index in [4.69, 9.17) is 4.74 Å². The van der Waals surface area contributed by atoms with E-state index in [0.29, 0.717) is 18.6 Å². The number of Topliss-reactive ketones (excluding diaryl/α,β-unsaturated/α-hetero) is 1. The molecule has 1 atom stereocenters. The van der Waals surface area contributed by atoms with Gasteiger partial charge in [-0.05, 0) is 51.4 Å². The second-order valence-electron chi connectivity index (χ2n) is 7.24. The molecule has 0 aliphatic heterocycles. The van der Waals surface area contributed by atoms with Crippen LogP contribution in [0.4, 0.5) is 0 Å². The fraction of sp³-hybridized carbons (Fsp3) is 0.600. The zero-order valence-electron chi connectivity index (χ0n) is 16.1. The molecule has 0 spiro atoms. The van der Waals surface area contributed by atoms with Gasteiger partial charge in [0, 0.05) is 23.8 Å². The van der Waals surface area contributed by atoms with Crippen molar-refractivity contribution in [3.05, 3.63) is 28.8 Å². The van der Waals surface area contributed by atoms with Crippen LogP contribution in [0.5, 0.6) is 5.75 Å². The number of likely N-dealkylation sites (N-methyl/N-ethyl adjacent to an activating group) is 1. The molecule has 134 valence electrons. The quantitative estimate of drug-likeness (QED) is 0.580. The average Bonchev–Trinajstić information content (AvgIpc) is 2.44. The van der Waals surface area contributed by atoms with Gasteiger partial charge < -0.3 is 10.1 Å². The molecule has 0 saturated carbocycles. The first-order chi connectivity index (χ1) is 11.1. The third kappa shape index (κ3) is 5.17. The van der Waals surface area contributed by atoms with Crippen molar-refractivity contribution < 1.29 is 14.3 Å². The second kappa shape index (κ2) is 8.43. The van der Waals surface area contributed by atoms with Crippen molar-refractivity contribution in [3.63, 3.8) is 0 Å². The fourth-order valence-electron chi connectivity index (χ4n) is 3.14. The normalized spacial score (nSPS) is 12.8. The SMILES string of the molecule is CCCC(=O)CC(C)(C)c1c(C)cc(C)cc1OC(=O)C(C)NC. The van der Waals surface area contributed by atoms with Gasteiger partial charge in [0.15, 0.2) is 0 Å². The fourth-order valence-corrected chi connectivity index (χ4v) is 3.14. The number of hydrogen-bond donors (Lipinski definition) is 1. The lowest BCUT2D eigenvalue weighted by atomic mass is 9.76. The minimum absolute atomic E-state index is 0.239. The number of ketones is 1. The Hall–Kier alpha value is -1.68. The standard InChI is InChI=1S/C20H31NO3/c1-8-9-16(22)12-20(5,6)18-14(3)10-13(2)11-17(18)24-19(23)15(4)21-7/h10-11,15,21H,8-9,12H2,1-7H3. The first-order valence-electron chi connectivity index (χ1n) is 8.64. The number of nitrogens with one attached hydrogen (secondary N) is 1. The molecule has 0 radical (unpaired) electrons. The molecular weight excluding hydrogens is 302 g/mol. The highest BCUT2D eigenvalue weighted by molar-refractivity contribution is 5.81. The molecule has 1 rings (SSSR count). The molecule has 0 heterocycles. The van der Waals surface area contributed by atoms with Gasteiger partial charge in [0.1, 0.15) is 17.6 Å². The molecule has 0 aromatic heterocycles. The number of benzene rings is 1. The van der Waals surface area contributed by atoms with Crippen molar-refractivity contribution in [2.24, 2.45) is 0 Å². The predicted molar refractivity (Wildman–Crippen MR) is 97.6 cm³/mol. The van der Waals surface area contributed by atoms with E-state index in [1.165, 1.54) is 0 Å². The topological polar surface area (TPSA) is 55.4 Å². The van der Waals surface area contributed by atoms with E-state index in [-0.39, 0.29) is 23.2 Å². The van der Waals surface area contributed by atoms with Crippen LogP contribution in [-0.2, 0) is 15.0 Å². The van der Waals surface area contributed by atoms with Gasteiger partial charge >= 0.3 is 5.97 Å². The summed E-state index contributed by atoms with van der Waals surface area (Å²) < 4.78 is 5.68. The molecule has 1 unspecified atom stereocenters. The molecule has 0 aliphatic rings. The number of hydrogen-bond acceptors (Lipinski definition) is 4. The van der Waals surface area contributed by atoms with Crippen LogP contribution in [0.2, 0.25) is 0 Å². The number of aryl methyl sites for hydroxylation is 2. The van der Waals surface area contributed by atoms with E-state index < -0.39 is 0 Å². The molecule has 1 aromatic carbocycles. The zero-order chi connectivity index (χ0) is 18.5. The predicted octanol–water partition coefficient (Wildman–Crippen LogP) is 3.85. The van der Waals surface area contributed by atoms with Gasteiger partial charge in [-0.2, -0.15) is 0 Å². The average molecular weight is 333 g/mol. The summed E-state index contributed by atoms with van der Waals surface area (Å²) >= 11 is 0. The maximum absolute atomic E-state index is 12.2. The van der Waals surface area contributed by atoms with Gasteiger partial charge in [-0.1, -0.05) is 26.8 Å². The van der Waals surface area contributed by atoms with Gasteiger partial charge in [-0.3, -0.25) is 4.79 Å². The molecule has 0 amide bonds. The Bertz CT molecular complexity index is 605. The molecule has 0 fully saturated rings. The van der Waals surface area contributed by atoms with Crippen LogP contribution in [-0.4, -0.2) is 24.8 Å². The van der Waals surface area contributed by atoms with E-state index in [1.807, 2.05) is 40.7 Å². The van der Waals surface area contributed by atoms with Crippen molar-refractivity contribution in [3.8, 4) is 5.75 Å². The molecule has 1 N–H and O–H groups in total. The number of esters is 1. The van der Waals surface area contributed by atoms with Crippen molar-refractivity contribution in [1.29, 1.82) is 0 Å². The Labute approximate surface area is 146 Å². The van der Waals surface area contributed by atoms with Crippen LogP contribution in [0.15, 0.2) is 12.1 Å². The maximum atomic E-state index is 12.2. The molecule has 1 aromatic rings. The van der Waals surface area contributed by atoms with Crippen LogP contribution in [0.25, 0.3) is 0 Å². The van der Waals surface area contributed by atoms with E-state index in [1.54, 1.807) is 14.0 Å². The molecule has 4 heteroatoms. The van der Waals surface area contributed by atoms with Crippen LogP contribution in [0, 0.1) is 13.8 Å². The van der Waals surface area contributed by atoms with E-state index in [2.05, 4.69) is 11.4 Å². The van der Waals surface area contributed by atoms with Crippen molar-refractivity contribution in [1.82, 2.24) is 5.32 Å². The summed E-state index contributed by atoms with van der Waals surface area (Å²) in [6, 6.07) is 3.57. The summed E-state index contributed by atoms with van der Waals surface area (Å²) in [5.74, 6) is 0.483. The molecule has 0 saturated heterocycles. The molecule has 0 bridgehead atoms. The molecule has 4 nitrogen and oxygen atoms in total. The third-order valence-corrected chi connectivity index (χ3v) is 4.29. The minimum Gasteiger partial charge on any atom is -0.425 e. The highest BCUT2D eigenvalue weighted by Gasteiger charge is 2.30. The zero-order valence-corrected chi connectivity index (χ0v) is 16.1. The van der Waals surface area contributed by atoms with Crippen molar-refractivity contribution in [2.45, 2.75) is 72.3 Å². The van der Waals surface area contributed by atoms with Gasteiger partial charge in [-0.15, -0.1) is 0 Å². The van der Waals surface area contributed by atoms with Crippen molar-refractivity contribution in [2.75, 3.05) is 7.05 Å². The van der Waals surface area contributed by atoms with E-state index in [9.17, 15) is 9.59 Å². The smallest absolute Gasteiger partial charge is 0.328 e. The van der Waals surface area contributed by atoms with Gasteiger partial charge in [0.2, 0.25) is 0 Å². The number of rotatable bonds is 8. The van der Waals surface area contributed by atoms with Gasteiger partial charge in [0.05, 0.1) is 0 Å². The Kier molecular flexibility index (Phi) is 7.15. The minimum atomic E-state index is -0.386. The first kappa shape index (κ1) is 20.4. The van der Waals surface area contributed by atoms with Gasteiger partial charge in [-0.25, -0.2) is 4.79 Å². The van der Waals surface area contributed by atoms with Crippen LogP contribution < -0.4 is 10.1 Å². The van der Waals surface area contributed by atoms with Crippen LogP contribution in [0.3, 0.4) is 0 Å². The number of ether oxygens (including phenoxy) is 1. The van der Waals surface area contributed by atoms with Gasteiger partial charge in [0.25, 0.3) is 0 Å². The lowest BCUT2D eigenvalue weighted by Gasteiger charge is -2.29. The highest BCUT2D eigenvalue weighted by Crippen LogP contribution is 2.38. The highest BCUT2D eigenvalue weighted by atomic mass is 16.5. The summed E-state index contributed by atoms with van der Waals surface area (Å²) in [5, 5.41) is 2.89. The number of carbonyl (C=O) groups is 2. The third-order valence-electron chi connectivity index (χ3n) is 4.29. The molecular formula is C20H31NO3. The maximum Gasteiger partial charge on any atom is 0.328 e. The first-order valence-corrected chi connectivity index (χ1v) is 8.64. The largest absolute Gasteiger partial charge is 0.425 e. The Morgan fingerprint density at radius 2 is 1.88 bits per heavy atom. The monoisotopic (exact) mass is 333 g/mol. The summed E-state index contributed by atoms with van der Waals surface area (Å²) in [6.07, 6.45) is 1.88. The summed E-state index contributed by atoms with van der Waals surface area (Å²) in [6.45, 7) is 11.8. The Morgan fingerprint density at radius 1 is 1.25 bits per heavy atom. The lowest BCUT2D eigenvalue weighted by Crippen LogP contribution is -2.35. The molecule has 0 aliphatic carbocycles. The van der Waals surface area contributed by atoms with E-state index >= 15 is 0 Å². The van der Waals surface area contributed by atoms with Crippen LogP contribution in [0.1, 0.15) is 63.6 Å². The second-order valence-corrected chi connectivity index (χ2v) is 7.24. The summed E-state index contributed by atoms with van der Waals surface area (Å²) in [5.41, 5.74) is 2.63. The Morgan fingerprint density at radius 3 is 2.42 bits per heavy atom. The Balaban J connectivity index is 3.25. The number of carbonyl (C=O) groups excluding carboxylic acids is 2. The summed E-state index contributed by atoms with van der Waals surface area (Å²) in [4.78, 5) is 24.4.